The zero-order valence-corrected chi connectivity index (χ0v) is 19.7. The van der Waals surface area contributed by atoms with Crippen LogP contribution in [0.25, 0.3) is 11.1 Å². The SMILES string of the molecule is CC(=O)NC[C@H]1CN(c2ccc(-c3ccc(CNC(O)C(N)c4cccnc4)cc3)c(F)c2)C(=O)O1. The molecule has 2 amide bonds. The van der Waals surface area contributed by atoms with E-state index in [0.717, 1.165) is 11.1 Å². The lowest BCUT2D eigenvalue weighted by molar-refractivity contribution is -0.119. The molecular formula is C26H28FN5O4. The van der Waals surface area contributed by atoms with Crippen LogP contribution in [-0.4, -0.2) is 47.5 Å². The van der Waals surface area contributed by atoms with Gasteiger partial charge in [0.05, 0.1) is 24.8 Å². The first-order valence-corrected chi connectivity index (χ1v) is 11.5. The van der Waals surface area contributed by atoms with Crippen molar-refractivity contribution in [2.75, 3.05) is 18.0 Å². The Morgan fingerprint density at radius 1 is 1.28 bits per heavy atom. The van der Waals surface area contributed by atoms with Gasteiger partial charge in [-0.2, -0.15) is 0 Å². The van der Waals surface area contributed by atoms with Crippen LogP contribution in [0.4, 0.5) is 14.9 Å². The van der Waals surface area contributed by atoms with Crippen LogP contribution in [0.1, 0.15) is 24.1 Å². The summed E-state index contributed by atoms with van der Waals surface area (Å²) in [4.78, 5) is 28.6. The Morgan fingerprint density at radius 3 is 2.72 bits per heavy atom. The van der Waals surface area contributed by atoms with E-state index in [-0.39, 0.29) is 19.0 Å². The number of ether oxygens (including phenoxy) is 1. The highest BCUT2D eigenvalue weighted by Crippen LogP contribution is 2.29. The predicted molar refractivity (Wildman–Crippen MR) is 132 cm³/mol. The minimum absolute atomic E-state index is 0.200. The predicted octanol–water partition coefficient (Wildman–Crippen LogP) is 2.46. The molecule has 9 nitrogen and oxygen atoms in total. The van der Waals surface area contributed by atoms with Crippen LogP contribution in [0.15, 0.2) is 67.0 Å². The van der Waals surface area contributed by atoms with Gasteiger partial charge in [-0.1, -0.05) is 30.3 Å². The summed E-state index contributed by atoms with van der Waals surface area (Å²) in [5.74, 6) is -0.694. The van der Waals surface area contributed by atoms with Crippen molar-refractivity contribution >= 4 is 17.7 Å². The van der Waals surface area contributed by atoms with Crippen molar-refractivity contribution in [1.29, 1.82) is 0 Å². The van der Waals surface area contributed by atoms with Crippen LogP contribution in [0.3, 0.4) is 0 Å². The van der Waals surface area contributed by atoms with E-state index >= 15 is 0 Å². The van der Waals surface area contributed by atoms with Crippen molar-refractivity contribution in [3.05, 3.63) is 83.9 Å². The largest absolute Gasteiger partial charge is 0.442 e. The van der Waals surface area contributed by atoms with Crippen molar-refractivity contribution in [2.24, 2.45) is 5.73 Å². The monoisotopic (exact) mass is 493 g/mol. The number of carbonyl (C=O) groups is 2. The highest BCUT2D eigenvalue weighted by molar-refractivity contribution is 5.90. The lowest BCUT2D eigenvalue weighted by Gasteiger charge is -2.20. The molecule has 1 aliphatic rings. The van der Waals surface area contributed by atoms with Gasteiger partial charge in [-0.05, 0) is 41.0 Å². The number of anilines is 1. The number of nitrogens with two attached hydrogens (primary N) is 1. The molecule has 10 heteroatoms. The third kappa shape index (κ3) is 6.03. The third-order valence-electron chi connectivity index (χ3n) is 5.91. The second-order valence-electron chi connectivity index (χ2n) is 8.55. The molecule has 0 bridgehead atoms. The third-order valence-corrected chi connectivity index (χ3v) is 5.91. The Labute approximate surface area is 208 Å². The second-order valence-corrected chi connectivity index (χ2v) is 8.55. The summed E-state index contributed by atoms with van der Waals surface area (Å²) in [5.41, 5.74) is 9.12. The number of aromatic nitrogens is 1. The summed E-state index contributed by atoms with van der Waals surface area (Å²) < 4.78 is 20.2. The van der Waals surface area contributed by atoms with Gasteiger partial charge in [0.1, 0.15) is 18.1 Å². The molecule has 36 heavy (non-hydrogen) atoms. The molecule has 0 saturated carbocycles. The Bertz CT molecular complexity index is 1210. The quantitative estimate of drug-likeness (QED) is 0.337. The zero-order chi connectivity index (χ0) is 25.7. The molecule has 0 radical (unpaired) electrons. The summed E-state index contributed by atoms with van der Waals surface area (Å²) in [5, 5.41) is 15.9. The van der Waals surface area contributed by atoms with Crippen molar-refractivity contribution in [1.82, 2.24) is 15.6 Å². The molecular weight excluding hydrogens is 465 g/mol. The highest BCUT2D eigenvalue weighted by atomic mass is 19.1. The number of nitrogens with zero attached hydrogens (tertiary/aromatic N) is 2. The van der Waals surface area contributed by atoms with Crippen LogP contribution >= 0.6 is 0 Å². The van der Waals surface area contributed by atoms with Gasteiger partial charge in [0.2, 0.25) is 5.91 Å². The van der Waals surface area contributed by atoms with Crippen LogP contribution in [0, 0.1) is 5.82 Å². The number of pyridine rings is 1. The van der Waals surface area contributed by atoms with Crippen molar-refractivity contribution in [2.45, 2.75) is 31.8 Å². The van der Waals surface area contributed by atoms with Gasteiger partial charge >= 0.3 is 6.09 Å². The molecule has 1 aromatic heterocycles. The first-order valence-electron chi connectivity index (χ1n) is 11.5. The first-order chi connectivity index (χ1) is 17.3. The highest BCUT2D eigenvalue weighted by Gasteiger charge is 2.32. The molecule has 2 heterocycles. The molecule has 0 aliphatic carbocycles. The summed E-state index contributed by atoms with van der Waals surface area (Å²) in [6, 6.07) is 14.7. The summed E-state index contributed by atoms with van der Waals surface area (Å²) in [7, 11) is 0. The molecule has 3 aromatic rings. The van der Waals surface area contributed by atoms with E-state index in [1.165, 1.54) is 17.9 Å². The number of aliphatic hydroxyl groups excluding tert-OH is 1. The van der Waals surface area contributed by atoms with Gasteiger partial charge in [0, 0.05) is 31.4 Å². The molecule has 4 rings (SSSR count). The number of hydrogen-bond donors (Lipinski definition) is 4. The number of amides is 2. The number of halogens is 1. The normalized spacial score (nSPS) is 16.9. The van der Waals surface area contributed by atoms with Crippen LogP contribution in [0.5, 0.6) is 0 Å². The molecule has 2 unspecified atom stereocenters. The van der Waals surface area contributed by atoms with Gasteiger partial charge in [0.15, 0.2) is 0 Å². The van der Waals surface area contributed by atoms with Crippen LogP contribution in [-0.2, 0) is 16.1 Å². The number of cyclic esters (lactones) is 1. The Hall–Kier alpha value is -3.86. The molecule has 188 valence electrons. The number of carbonyl (C=O) groups excluding carboxylic acids is 2. The standard InChI is InChI=1S/C26H28FN5O4/c1-16(33)30-14-21-15-32(26(35)36-21)20-8-9-22(23(27)11-20)18-6-4-17(5-7-18)12-31-25(34)24(28)19-3-2-10-29-13-19/h2-11,13,21,24-25,31,34H,12,14-15,28H2,1H3,(H,30,33)/t21-,24?,25?/m0/s1. The molecule has 1 saturated heterocycles. The molecule has 3 atom stereocenters. The Morgan fingerprint density at radius 2 is 2.06 bits per heavy atom. The minimum Gasteiger partial charge on any atom is -0.442 e. The smallest absolute Gasteiger partial charge is 0.414 e. The van der Waals surface area contributed by atoms with Gasteiger partial charge in [-0.3, -0.25) is 20.0 Å². The lowest BCUT2D eigenvalue weighted by atomic mass is 10.0. The minimum atomic E-state index is -0.964. The summed E-state index contributed by atoms with van der Waals surface area (Å²) >= 11 is 0. The molecule has 2 aromatic carbocycles. The van der Waals surface area contributed by atoms with Gasteiger partial charge in [-0.15, -0.1) is 0 Å². The Kier molecular flexibility index (Phi) is 7.89. The van der Waals surface area contributed by atoms with E-state index in [1.807, 2.05) is 12.1 Å². The van der Waals surface area contributed by atoms with E-state index in [9.17, 15) is 19.1 Å². The van der Waals surface area contributed by atoms with Crippen LogP contribution < -0.4 is 21.3 Å². The fraction of sp³-hybridized carbons (Fsp3) is 0.269. The van der Waals surface area contributed by atoms with E-state index in [0.29, 0.717) is 23.4 Å². The number of hydrogen-bond acceptors (Lipinski definition) is 7. The maximum Gasteiger partial charge on any atom is 0.414 e. The molecule has 1 aliphatic heterocycles. The average molecular weight is 494 g/mol. The maximum atomic E-state index is 15.0. The van der Waals surface area contributed by atoms with E-state index < -0.39 is 30.3 Å². The van der Waals surface area contributed by atoms with Crippen LogP contribution in [0.2, 0.25) is 0 Å². The number of benzene rings is 2. The fourth-order valence-electron chi connectivity index (χ4n) is 3.91. The van der Waals surface area contributed by atoms with Gasteiger partial charge in [-0.25, -0.2) is 9.18 Å². The Balaban J connectivity index is 1.37. The molecule has 5 N–H and O–H groups in total. The zero-order valence-electron chi connectivity index (χ0n) is 19.7. The topological polar surface area (TPSA) is 130 Å². The number of rotatable bonds is 9. The number of aliphatic hydroxyl groups is 1. The second kappa shape index (κ2) is 11.3. The molecule has 0 spiro atoms. The van der Waals surface area contributed by atoms with E-state index in [4.69, 9.17) is 10.5 Å². The van der Waals surface area contributed by atoms with Gasteiger partial charge in [0.25, 0.3) is 0 Å². The average Bonchev–Trinajstić information content (AvgIpc) is 3.27. The van der Waals surface area contributed by atoms with Crippen molar-refractivity contribution in [3.8, 4) is 11.1 Å². The van der Waals surface area contributed by atoms with E-state index in [1.54, 1.807) is 48.8 Å². The maximum absolute atomic E-state index is 15.0. The fourth-order valence-corrected chi connectivity index (χ4v) is 3.91. The summed E-state index contributed by atoms with van der Waals surface area (Å²) in [6.45, 7) is 2.17. The first kappa shape index (κ1) is 25.2. The van der Waals surface area contributed by atoms with Gasteiger partial charge < -0.3 is 20.9 Å². The summed E-state index contributed by atoms with van der Waals surface area (Å²) in [6.07, 6.45) is 1.21. The van der Waals surface area contributed by atoms with Crippen molar-refractivity contribution < 1.29 is 23.8 Å². The molecule has 1 fully saturated rings. The van der Waals surface area contributed by atoms with Crippen molar-refractivity contribution in [3.63, 3.8) is 0 Å². The number of nitrogens with one attached hydrogen (secondary N) is 2. The lowest BCUT2D eigenvalue weighted by Crippen LogP contribution is -2.38. The van der Waals surface area contributed by atoms with E-state index in [2.05, 4.69) is 15.6 Å².